The predicted molar refractivity (Wildman–Crippen MR) is 254 cm³/mol. The summed E-state index contributed by atoms with van der Waals surface area (Å²) in [6, 6.07) is 12.6. The molecule has 3 aliphatic heterocycles. The number of fused-ring (bicyclic) bond motifs is 6. The third-order valence-electron chi connectivity index (χ3n) is 14.1. The first-order valence-electron chi connectivity index (χ1n) is 24.0. The molecule has 5 heterocycles. The van der Waals surface area contributed by atoms with Gasteiger partial charge in [0, 0.05) is 80.8 Å². The van der Waals surface area contributed by atoms with Crippen LogP contribution in [-0.4, -0.2) is 118 Å². The van der Waals surface area contributed by atoms with Crippen LogP contribution in [0.4, 0.5) is 0 Å². The number of aromatic hydroxyl groups is 1. The van der Waals surface area contributed by atoms with Crippen molar-refractivity contribution in [1.82, 2.24) is 35.1 Å². The number of aryl methyl sites for hydroxylation is 1. The van der Waals surface area contributed by atoms with Crippen molar-refractivity contribution in [1.29, 1.82) is 0 Å². The number of hydrogen-bond donors (Lipinski definition) is 3. The normalized spacial score (nSPS) is 22.0. The molecular weight excluding hydrogens is 851 g/mol. The monoisotopic (exact) mass is 918 g/mol. The van der Waals surface area contributed by atoms with Crippen LogP contribution in [0.2, 0.25) is 0 Å². The number of hydrogen-bond acceptors (Lipinski definition) is 10. The molecule has 8 rings (SSSR count). The lowest BCUT2D eigenvalue weighted by Gasteiger charge is -2.37. The lowest BCUT2D eigenvalue weighted by molar-refractivity contribution is -0.155. The summed E-state index contributed by atoms with van der Waals surface area (Å²) in [7, 11) is 3.29. The standard InChI is InChI=1S/C52H67N7O8/c1-9-58-43-17-16-34-26-39(43)40(46(58)38-12-10-19-53-44(38)31(4)66-8)27-52(5,6)29-67-51(65)41-13-11-20-59(55-41)50(64)42(24-32-22-36(34)25-37(60)23-32)54-47(61)45(30(2)3)56(7)48(62)35-18-21-57(28-35)49(63)33-14-15-33/h10,12,16-17,19,22-23,25-26,30-31,33,35,41-42,45,55,60H,9,11,13-15,18,20-21,24,27-29H2,1-8H3,(H,54,61)/t31-,35-,41-,42-,45?/m0/s1. The van der Waals surface area contributed by atoms with Crippen molar-refractivity contribution in [3.8, 4) is 28.1 Å². The number of nitrogens with one attached hydrogen (secondary N) is 2. The molecule has 4 aliphatic rings. The van der Waals surface area contributed by atoms with Crippen molar-refractivity contribution in [3.05, 3.63) is 71.5 Å². The number of likely N-dealkylation sites (N-methyl/N-ethyl adjacent to an activating group) is 1. The molecule has 6 bridgehead atoms. The minimum atomic E-state index is -1.15. The summed E-state index contributed by atoms with van der Waals surface area (Å²) in [6.07, 6.45) is 5.30. The first-order chi connectivity index (χ1) is 32.0. The number of phenolic OH excluding ortho intramolecular Hbond substituents is 1. The van der Waals surface area contributed by atoms with E-state index in [1.165, 1.54) is 9.91 Å². The number of amides is 4. The minimum absolute atomic E-state index is 0.00210. The average molecular weight is 918 g/mol. The Hall–Kier alpha value is -5.80. The molecule has 2 aromatic carbocycles. The van der Waals surface area contributed by atoms with Crippen molar-refractivity contribution in [2.24, 2.45) is 23.2 Å². The summed E-state index contributed by atoms with van der Waals surface area (Å²) in [5.41, 5.74) is 9.60. The molecule has 1 saturated carbocycles. The maximum Gasteiger partial charge on any atom is 0.324 e. The van der Waals surface area contributed by atoms with E-state index in [0.29, 0.717) is 50.9 Å². The number of aromatic nitrogens is 2. The highest BCUT2D eigenvalue weighted by atomic mass is 16.5. The van der Waals surface area contributed by atoms with E-state index >= 15 is 0 Å². The molecule has 1 unspecified atom stereocenters. The molecule has 1 aliphatic carbocycles. The van der Waals surface area contributed by atoms with Gasteiger partial charge in [-0.3, -0.25) is 34.0 Å². The number of benzene rings is 2. The van der Waals surface area contributed by atoms with Crippen LogP contribution in [0.5, 0.6) is 5.75 Å². The number of carbonyl (C=O) groups excluding carboxylic acids is 5. The van der Waals surface area contributed by atoms with E-state index in [2.05, 4.69) is 54.3 Å². The molecule has 4 amide bonds. The summed E-state index contributed by atoms with van der Waals surface area (Å²) in [5, 5.41) is 16.8. The largest absolute Gasteiger partial charge is 0.508 e. The maximum absolute atomic E-state index is 14.7. The van der Waals surface area contributed by atoms with E-state index < -0.39 is 47.2 Å². The van der Waals surface area contributed by atoms with E-state index in [4.69, 9.17) is 14.5 Å². The van der Waals surface area contributed by atoms with Gasteiger partial charge in [-0.2, -0.15) is 0 Å². The summed E-state index contributed by atoms with van der Waals surface area (Å²) in [6.45, 7) is 13.9. The third kappa shape index (κ3) is 9.94. The number of pyridine rings is 1. The number of carbonyl (C=O) groups is 5. The summed E-state index contributed by atoms with van der Waals surface area (Å²) in [5.74, 6) is -2.26. The zero-order valence-corrected chi connectivity index (χ0v) is 40.3. The SMILES string of the molecule is CCn1c(-c2cccnc2[C@H](C)OC)c2c3cc(ccc31)-c1cc(O)cc(c1)C[C@H](NC(=O)C(C(C)C)N(C)C(=O)[C@H]1CCN(C(=O)C3CC3)C1)C(=O)N1CCC[C@H](N1)C(=O)OCC(C)(C)C2. The number of cyclic esters (lactones) is 1. The summed E-state index contributed by atoms with van der Waals surface area (Å²) >= 11 is 0. The van der Waals surface area contributed by atoms with Crippen LogP contribution >= 0.6 is 0 Å². The van der Waals surface area contributed by atoms with Gasteiger partial charge in [-0.15, -0.1) is 0 Å². The number of nitrogens with zero attached hydrogens (tertiary/aromatic N) is 5. The molecule has 4 aromatic rings. The van der Waals surface area contributed by atoms with Crippen LogP contribution in [0.25, 0.3) is 33.3 Å². The highest BCUT2D eigenvalue weighted by Crippen LogP contribution is 2.42. The number of rotatable bonds is 10. The Morgan fingerprint density at radius 3 is 2.51 bits per heavy atom. The van der Waals surface area contributed by atoms with E-state index in [1.807, 2.05) is 39.0 Å². The average Bonchev–Trinajstić information content (AvgIpc) is 3.97. The van der Waals surface area contributed by atoms with Crippen LogP contribution in [0.15, 0.2) is 54.7 Å². The maximum atomic E-state index is 14.7. The number of phenols is 1. The summed E-state index contributed by atoms with van der Waals surface area (Å²) in [4.78, 5) is 78.2. The molecular formula is C52H67N7O8. The number of hydrazine groups is 1. The Labute approximate surface area is 393 Å². The second-order valence-electron chi connectivity index (χ2n) is 20.2. The van der Waals surface area contributed by atoms with Gasteiger partial charge in [0.25, 0.3) is 5.91 Å². The molecule has 2 saturated heterocycles. The second kappa shape index (κ2) is 19.4. The second-order valence-corrected chi connectivity index (χ2v) is 20.2. The van der Waals surface area contributed by atoms with Crippen LogP contribution in [0.1, 0.15) is 96.6 Å². The third-order valence-corrected chi connectivity index (χ3v) is 14.1. The highest BCUT2D eigenvalue weighted by Gasteiger charge is 2.42. The van der Waals surface area contributed by atoms with Crippen molar-refractivity contribution >= 4 is 40.5 Å². The Morgan fingerprint density at radius 2 is 1.79 bits per heavy atom. The molecule has 2 aromatic heterocycles. The van der Waals surface area contributed by atoms with E-state index in [0.717, 1.165) is 57.4 Å². The lowest BCUT2D eigenvalue weighted by Crippen LogP contribution is -2.62. The van der Waals surface area contributed by atoms with Gasteiger partial charge in [0.05, 0.1) is 30.0 Å². The molecule has 3 fully saturated rings. The van der Waals surface area contributed by atoms with Gasteiger partial charge < -0.3 is 34.3 Å². The van der Waals surface area contributed by atoms with E-state index in [-0.39, 0.29) is 55.1 Å². The van der Waals surface area contributed by atoms with Gasteiger partial charge in [0.1, 0.15) is 23.9 Å². The Kier molecular flexibility index (Phi) is 13.8. The molecule has 358 valence electrons. The van der Waals surface area contributed by atoms with E-state index in [1.54, 1.807) is 37.4 Å². The van der Waals surface area contributed by atoms with Gasteiger partial charge >= 0.3 is 5.97 Å². The van der Waals surface area contributed by atoms with Crippen molar-refractivity contribution in [3.63, 3.8) is 0 Å². The smallest absolute Gasteiger partial charge is 0.324 e. The molecule has 3 N–H and O–H groups in total. The number of esters is 1. The predicted octanol–water partition coefficient (Wildman–Crippen LogP) is 6.19. The van der Waals surface area contributed by atoms with Gasteiger partial charge in [0.15, 0.2) is 0 Å². The first kappa shape index (κ1) is 47.7. The van der Waals surface area contributed by atoms with Crippen LogP contribution in [0.3, 0.4) is 0 Å². The number of methoxy groups -OCH3 is 1. The Morgan fingerprint density at radius 1 is 1.01 bits per heavy atom. The van der Waals surface area contributed by atoms with Crippen LogP contribution in [0, 0.1) is 23.2 Å². The molecule has 15 nitrogen and oxygen atoms in total. The van der Waals surface area contributed by atoms with Gasteiger partial charge in [-0.25, -0.2) is 5.43 Å². The number of likely N-dealkylation sites (tertiary alicyclic amines) is 1. The quantitative estimate of drug-likeness (QED) is 0.156. The minimum Gasteiger partial charge on any atom is -0.508 e. The fraction of sp³-hybridized carbons (Fsp3) is 0.538. The van der Waals surface area contributed by atoms with Gasteiger partial charge in [-0.1, -0.05) is 39.8 Å². The molecule has 0 spiro atoms. The van der Waals surface area contributed by atoms with Gasteiger partial charge in [0.2, 0.25) is 17.7 Å². The van der Waals surface area contributed by atoms with E-state index in [9.17, 15) is 29.1 Å². The Bertz CT molecular complexity index is 2550. The number of ether oxygens (including phenoxy) is 2. The molecule has 15 heteroatoms. The van der Waals surface area contributed by atoms with Gasteiger partial charge in [-0.05, 0) is 117 Å². The zero-order valence-electron chi connectivity index (χ0n) is 40.3. The van der Waals surface area contributed by atoms with Crippen molar-refractivity contribution < 1.29 is 38.6 Å². The van der Waals surface area contributed by atoms with Crippen LogP contribution in [-0.2, 0) is 52.8 Å². The molecule has 67 heavy (non-hydrogen) atoms. The Balaban J connectivity index is 1.18. The van der Waals surface area contributed by atoms with Crippen molar-refractivity contribution in [2.45, 2.75) is 117 Å². The highest BCUT2D eigenvalue weighted by molar-refractivity contribution is 5.96. The topological polar surface area (TPSA) is 176 Å². The summed E-state index contributed by atoms with van der Waals surface area (Å²) < 4.78 is 14.2. The fourth-order valence-electron chi connectivity index (χ4n) is 10.4. The molecule has 0 radical (unpaired) electrons. The lowest BCUT2D eigenvalue weighted by atomic mass is 9.84. The zero-order chi connectivity index (χ0) is 47.9. The molecule has 5 atom stereocenters. The fourth-order valence-corrected chi connectivity index (χ4v) is 10.4. The first-order valence-corrected chi connectivity index (χ1v) is 24.0. The van der Waals surface area contributed by atoms with Crippen LogP contribution < -0.4 is 10.7 Å². The van der Waals surface area contributed by atoms with Crippen molar-refractivity contribution in [2.75, 3.05) is 40.4 Å².